The summed E-state index contributed by atoms with van der Waals surface area (Å²) in [7, 11) is 0. The summed E-state index contributed by atoms with van der Waals surface area (Å²) in [6, 6.07) is 3.97. The Morgan fingerprint density at radius 2 is 2.44 bits per heavy atom. The Morgan fingerprint density at radius 3 is 3.25 bits per heavy atom. The Labute approximate surface area is 102 Å². The minimum absolute atomic E-state index is 0.695. The molecule has 0 amide bonds. The number of nitrogens with zero attached hydrogens (tertiary/aromatic N) is 3. The van der Waals surface area contributed by atoms with Gasteiger partial charge in [0.05, 0.1) is 0 Å². The molecule has 0 bridgehead atoms. The normalized spacial score (nSPS) is 20.7. The van der Waals surface area contributed by atoms with E-state index in [-0.39, 0.29) is 0 Å². The summed E-state index contributed by atoms with van der Waals surface area (Å²) in [6.07, 6.45) is 4.16. The molecular formula is C11H13BrN4. The van der Waals surface area contributed by atoms with E-state index in [0.717, 1.165) is 35.5 Å². The minimum atomic E-state index is 0.695. The van der Waals surface area contributed by atoms with E-state index in [9.17, 15) is 0 Å². The molecule has 1 fully saturated rings. The summed E-state index contributed by atoms with van der Waals surface area (Å²) in [4.78, 5) is 4.52. The van der Waals surface area contributed by atoms with Gasteiger partial charge in [-0.05, 0) is 53.5 Å². The number of aromatic nitrogens is 3. The predicted octanol–water partition coefficient (Wildman–Crippen LogP) is 1.64. The summed E-state index contributed by atoms with van der Waals surface area (Å²) in [5, 5.41) is 7.85. The van der Waals surface area contributed by atoms with E-state index in [4.69, 9.17) is 0 Å². The van der Waals surface area contributed by atoms with Gasteiger partial charge in [0.2, 0.25) is 0 Å². The van der Waals surface area contributed by atoms with E-state index in [1.807, 2.05) is 22.8 Å². The van der Waals surface area contributed by atoms with Gasteiger partial charge >= 0.3 is 0 Å². The largest absolute Gasteiger partial charge is 0.316 e. The van der Waals surface area contributed by atoms with Gasteiger partial charge in [0.25, 0.3) is 0 Å². The molecule has 1 aliphatic rings. The smallest absolute Gasteiger partial charge is 0.155 e. The van der Waals surface area contributed by atoms with Crippen molar-refractivity contribution in [3.8, 4) is 0 Å². The maximum Gasteiger partial charge on any atom is 0.155 e. The van der Waals surface area contributed by atoms with E-state index in [1.165, 1.54) is 6.42 Å². The van der Waals surface area contributed by atoms with E-state index >= 15 is 0 Å². The van der Waals surface area contributed by atoms with Crippen LogP contribution < -0.4 is 5.32 Å². The van der Waals surface area contributed by atoms with Crippen LogP contribution >= 0.6 is 15.9 Å². The highest BCUT2D eigenvalue weighted by molar-refractivity contribution is 9.10. The van der Waals surface area contributed by atoms with Crippen LogP contribution in [-0.4, -0.2) is 27.7 Å². The SMILES string of the molecule is Brc1ccc2nc(CC3CCNC3)nn2c1. The van der Waals surface area contributed by atoms with Crippen molar-refractivity contribution >= 4 is 21.6 Å². The number of hydrogen-bond donors (Lipinski definition) is 1. The van der Waals surface area contributed by atoms with Crippen LogP contribution in [0.15, 0.2) is 22.8 Å². The Hall–Kier alpha value is -0.940. The molecule has 0 radical (unpaired) electrons. The maximum atomic E-state index is 4.52. The lowest BCUT2D eigenvalue weighted by Gasteiger charge is -2.02. The lowest BCUT2D eigenvalue weighted by atomic mass is 10.1. The molecule has 0 aromatic carbocycles. The number of halogens is 1. The Morgan fingerprint density at radius 1 is 1.50 bits per heavy atom. The fraction of sp³-hybridized carbons (Fsp3) is 0.455. The van der Waals surface area contributed by atoms with Gasteiger partial charge in [-0.1, -0.05) is 0 Å². The molecule has 5 heteroatoms. The van der Waals surface area contributed by atoms with Gasteiger partial charge in [0.1, 0.15) is 0 Å². The highest BCUT2D eigenvalue weighted by Crippen LogP contribution is 2.15. The van der Waals surface area contributed by atoms with Crippen molar-refractivity contribution in [2.45, 2.75) is 12.8 Å². The first-order valence-electron chi connectivity index (χ1n) is 5.53. The van der Waals surface area contributed by atoms with Crippen LogP contribution in [0.25, 0.3) is 5.65 Å². The first-order valence-corrected chi connectivity index (χ1v) is 6.32. The maximum absolute atomic E-state index is 4.52. The zero-order valence-corrected chi connectivity index (χ0v) is 10.4. The summed E-state index contributed by atoms with van der Waals surface area (Å²) in [5.41, 5.74) is 0.921. The van der Waals surface area contributed by atoms with Crippen LogP contribution in [0.3, 0.4) is 0 Å². The van der Waals surface area contributed by atoms with Crippen molar-refractivity contribution in [3.05, 3.63) is 28.6 Å². The Kier molecular flexibility index (Phi) is 2.65. The van der Waals surface area contributed by atoms with Gasteiger partial charge in [-0.3, -0.25) is 0 Å². The topological polar surface area (TPSA) is 42.2 Å². The van der Waals surface area contributed by atoms with Gasteiger partial charge in [-0.2, -0.15) is 5.10 Å². The van der Waals surface area contributed by atoms with Gasteiger partial charge in [0.15, 0.2) is 11.5 Å². The third-order valence-corrected chi connectivity index (χ3v) is 3.44. The van der Waals surface area contributed by atoms with Crippen molar-refractivity contribution in [1.82, 2.24) is 19.9 Å². The number of fused-ring (bicyclic) bond motifs is 1. The lowest BCUT2D eigenvalue weighted by molar-refractivity contribution is 0.561. The first kappa shape index (κ1) is 10.2. The van der Waals surface area contributed by atoms with Crippen LogP contribution in [0.2, 0.25) is 0 Å². The second kappa shape index (κ2) is 4.14. The Bertz CT molecular complexity index is 502. The molecule has 16 heavy (non-hydrogen) atoms. The molecule has 1 N–H and O–H groups in total. The fourth-order valence-electron chi connectivity index (χ4n) is 2.14. The monoisotopic (exact) mass is 280 g/mol. The van der Waals surface area contributed by atoms with Gasteiger partial charge in [0, 0.05) is 17.1 Å². The minimum Gasteiger partial charge on any atom is -0.316 e. The first-order chi connectivity index (χ1) is 7.81. The standard InChI is InChI=1S/C11H13BrN4/c12-9-1-2-11-14-10(15-16(11)7-9)5-8-3-4-13-6-8/h1-2,7-8,13H,3-6H2. The molecule has 3 rings (SSSR count). The van der Waals surface area contributed by atoms with E-state index in [1.54, 1.807) is 0 Å². The summed E-state index contributed by atoms with van der Waals surface area (Å²) in [5.74, 6) is 1.65. The average molecular weight is 281 g/mol. The van der Waals surface area contributed by atoms with Gasteiger partial charge in [-0.15, -0.1) is 0 Å². The average Bonchev–Trinajstić information content (AvgIpc) is 2.86. The predicted molar refractivity (Wildman–Crippen MR) is 65.4 cm³/mol. The molecule has 0 aliphatic carbocycles. The number of hydrogen-bond acceptors (Lipinski definition) is 3. The number of nitrogens with one attached hydrogen (secondary N) is 1. The van der Waals surface area contributed by atoms with Crippen LogP contribution in [0, 0.1) is 5.92 Å². The highest BCUT2D eigenvalue weighted by atomic mass is 79.9. The molecule has 2 aromatic heterocycles. The summed E-state index contributed by atoms with van der Waals surface area (Å²) in [6.45, 7) is 2.23. The van der Waals surface area contributed by atoms with Crippen LogP contribution in [-0.2, 0) is 6.42 Å². The van der Waals surface area contributed by atoms with E-state index in [0.29, 0.717) is 5.92 Å². The second-order valence-corrected chi connectivity index (χ2v) is 5.16. The molecule has 0 saturated carbocycles. The van der Waals surface area contributed by atoms with Crippen LogP contribution in [0.1, 0.15) is 12.2 Å². The highest BCUT2D eigenvalue weighted by Gasteiger charge is 2.17. The lowest BCUT2D eigenvalue weighted by Crippen LogP contribution is -2.11. The zero-order valence-electron chi connectivity index (χ0n) is 8.86. The van der Waals surface area contributed by atoms with E-state index < -0.39 is 0 Å². The molecule has 1 aliphatic heterocycles. The molecule has 3 heterocycles. The zero-order chi connectivity index (χ0) is 11.0. The van der Waals surface area contributed by atoms with Crippen molar-refractivity contribution in [2.75, 3.05) is 13.1 Å². The summed E-state index contributed by atoms with van der Waals surface area (Å²) < 4.78 is 2.86. The molecule has 1 saturated heterocycles. The Balaban J connectivity index is 1.86. The molecule has 4 nitrogen and oxygen atoms in total. The summed E-state index contributed by atoms with van der Waals surface area (Å²) >= 11 is 3.43. The van der Waals surface area contributed by atoms with Gasteiger partial charge < -0.3 is 5.32 Å². The van der Waals surface area contributed by atoms with Crippen molar-refractivity contribution in [3.63, 3.8) is 0 Å². The molecule has 1 atom stereocenters. The van der Waals surface area contributed by atoms with Crippen LogP contribution in [0.5, 0.6) is 0 Å². The molecule has 84 valence electrons. The quantitative estimate of drug-likeness (QED) is 0.910. The molecule has 2 aromatic rings. The number of pyridine rings is 1. The third-order valence-electron chi connectivity index (χ3n) is 2.97. The van der Waals surface area contributed by atoms with Crippen LogP contribution in [0.4, 0.5) is 0 Å². The molecule has 0 spiro atoms. The van der Waals surface area contributed by atoms with E-state index in [2.05, 4.69) is 31.3 Å². The fourth-order valence-corrected chi connectivity index (χ4v) is 2.46. The number of rotatable bonds is 2. The molecule has 1 unspecified atom stereocenters. The van der Waals surface area contributed by atoms with Crippen molar-refractivity contribution < 1.29 is 0 Å². The third kappa shape index (κ3) is 1.97. The van der Waals surface area contributed by atoms with Crippen molar-refractivity contribution in [2.24, 2.45) is 5.92 Å². The van der Waals surface area contributed by atoms with Gasteiger partial charge in [-0.25, -0.2) is 9.50 Å². The second-order valence-electron chi connectivity index (χ2n) is 4.24. The molecular weight excluding hydrogens is 268 g/mol. The van der Waals surface area contributed by atoms with Crippen molar-refractivity contribution in [1.29, 1.82) is 0 Å².